The second-order valence-corrected chi connectivity index (χ2v) is 8.07. The Morgan fingerprint density at radius 2 is 1.91 bits per heavy atom. The number of likely N-dealkylation sites (tertiary alicyclic amines) is 1. The van der Waals surface area contributed by atoms with Crippen molar-refractivity contribution < 1.29 is 33.3 Å². The zero-order valence-electron chi connectivity index (χ0n) is 18.4. The Kier molecular flexibility index (Phi) is 6.23. The molecule has 2 aliphatic heterocycles. The molecule has 170 valence electrons. The summed E-state index contributed by atoms with van der Waals surface area (Å²) in [5.41, 5.74) is 0.356. The summed E-state index contributed by atoms with van der Waals surface area (Å²) in [4.78, 5) is 27.4. The van der Waals surface area contributed by atoms with Crippen LogP contribution in [-0.2, 0) is 14.3 Å². The van der Waals surface area contributed by atoms with Crippen molar-refractivity contribution in [3.8, 4) is 11.5 Å². The molecule has 1 aromatic heterocycles. The smallest absolute Gasteiger partial charge is 0.295 e. The van der Waals surface area contributed by atoms with Crippen LogP contribution >= 0.6 is 0 Å². The fourth-order valence-corrected chi connectivity index (χ4v) is 3.91. The number of benzene rings is 1. The van der Waals surface area contributed by atoms with E-state index >= 15 is 0 Å². The van der Waals surface area contributed by atoms with Gasteiger partial charge in [0.25, 0.3) is 11.7 Å². The lowest BCUT2D eigenvalue weighted by molar-refractivity contribution is -0.140. The van der Waals surface area contributed by atoms with Gasteiger partial charge in [-0.2, -0.15) is 0 Å². The first-order valence-electron chi connectivity index (χ1n) is 10.7. The van der Waals surface area contributed by atoms with Crippen molar-refractivity contribution >= 4 is 17.4 Å². The normalized spacial score (nSPS) is 19.8. The molecule has 0 spiro atoms. The van der Waals surface area contributed by atoms with Gasteiger partial charge in [0.05, 0.1) is 11.7 Å². The van der Waals surface area contributed by atoms with Crippen LogP contribution in [-0.4, -0.2) is 54.2 Å². The summed E-state index contributed by atoms with van der Waals surface area (Å²) in [5, 5.41) is 11.1. The molecule has 0 bridgehead atoms. The summed E-state index contributed by atoms with van der Waals surface area (Å²) >= 11 is 0. The number of aliphatic hydroxyl groups is 1. The minimum Gasteiger partial charge on any atom is -0.507 e. The number of aryl methyl sites for hydroxylation is 1. The predicted octanol–water partition coefficient (Wildman–Crippen LogP) is 3.60. The Morgan fingerprint density at radius 3 is 2.59 bits per heavy atom. The van der Waals surface area contributed by atoms with Gasteiger partial charge in [0, 0.05) is 18.7 Å². The number of rotatable bonds is 7. The van der Waals surface area contributed by atoms with Gasteiger partial charge >= 0.3 is 0 Å². The number of hydrogen-bond donors (Lipinski definition) is 1. The van der Waals surface area contributed by atoms with Crippen molar-refractivity contribution in [2.75, 3.05) is 26.4 Å². The summed E-state index contributed by atoms with van der Waals surface area (Å²) < 4.78 is 22.5. The van der Waals surface area contributed by atoms with Gasteiger partial charge in [-0.25, -0.2) is 0 Å². The maximum Gasteiger partial charge on any atom is 0.295 e. The van der Waals surface area contributed by atoms with Crippen LogP contribution in [0.25, 0.3) is 5.76 Å². The summed E-state index contributed by atoms with van der Waals surface area (Å²) in [7, 11) is 0. The highest BCUT2D eigenvalue weighted by Crippen LogP contribution is 2.41. The predicted molar refractivity (Wildman–Crippen MR) is 116 cm³/mol. The molecule has 8 heteroatoms. The van der Waals surface area contributed by atoms with Gasteiger partial charge < -0.3 is 28.6 Å². The quantitative estimate of drug-likeness (QED) is 0.303. The van der Waals surface area contributed by atoms with Crippen molar-refractivity contribution in [1.29, 1.82) is 0 Å². The maximum atomic E-state index is 13.0. The third-order valence-corrected chi connectivity index (χ3v) is 5.38. The molecule has 1 fully saturated rings. The van der Waals surface area contributed by atoms with Crippen molar-refractivity contribution in [2.45, 2.75) is 39.3 Å². The molecule has 1 atom stereocenters. The largest absolute Gasteiger partial charge is 0.507 e. The van der Waals surface area contributed by atoms with Gasteiger partial charge in [-0.1, -0.05) is 0 Å². The molecule has 0 radical (unpaired) electrons. The molecule has 4 rings (SSSR count). The minimum absolute atomic E-state index is 0.00851. The lowest BCUT2D eigenvalue weighted by Crippen LogP contribution is -2.31. The lowest BCUT2D eigenvalue weighted by atomic mass is 9.99. The van der Waals surface area contributed by atoms with E-state index in [0.717, 1.165) is 0 Å². The van der Waals surface area contributed by atoms with Crippen LogP contribution in [0.3, 0.4) is 0 Å². The molecule has 0 aliphatic carbocycles. The van der Waals surface area contributed by atoms with Crippen molar-refractivity contribution in [2.24, 2.45) is 0 Å². The molecular weight excluding hydrogens is 414 g/mol. The molecule has 2 aliphatic rings. The maximum absolute atomic E-state index is 13.0. The molecule has 0 saturated carbocycles. The van der Waals surface area contributed by atoms with Crippen molar-refractivity contribution in [3.63, 3.8) is 0 Å². The molecule has 2 aromatic rings. The third kappa shape index (κ3) is 4.23. The lowest BCUT2D eigenvalue weighted by Gasteiger charge is -2.23. The average Bonchev–Trinajstić information content (AvgIpc) is 3.31. The van der Waals surface area contributed by atoms with Gasteiger partial charge in [-0.05, 0) is 57.5 Å². The number of nitrogens with zero attached hydrogens (tertiary/aromatic N) is 1. The van der Waals surface area contributed by atoms with Crippen LogP contribution < -0.4 is 9.47 Å². The Hall–Kier alpha value is -3.26. The fraction of sp³-hybridized carbons (Fsp3) is 0.417. The zero-order chi connectivity index (χ0) is 22.8. The topological polar surface area (TPSA) is 98.4 Å². The van der Waals surface area contributed by atoms with Gasteiger partial charge in [-0.15, -0.1) is 0 Å². The highest BCUT2D eigenvalue weighted by atomic mass is 16.6. The van der Waals surface area contributed by atoms with Gasteiger partial charge in [0.15, 0.2) is 11.5 Å². The first-order valence-corrected chi connectivity index (χ1v) is 10.7. The molecule has 1 aromatic carbocycles. The van der Waals surface area contributed by atoms with E-state index in [2.05, 4.69) is 0 Å². The van der Waals surface area contributed by atoms with E-state index < -0.39 is 17.7 Å². The number of fused-ring (bicyclic) bond motifs is 1. The van der Waals surface area contributed by atoms with Crippen molar-refractivity contribution in [1.82, 2.24) is 4.90 Å². The van der Waals surface area contributed by atoms with Crippen LogP contribution in [0.4, 0.5) is 0 Å². The number of aliphatic hydroxyl groups excluding tert-OH is 1. The van der Waals surface area contributed by atoms with Crippen LogP contribution in [0.15, 0.2) is 40.3 Å². The number of ketones is 1. The van der Waals surface area contributed by atoms with E-state index in [4.69, 9.17) is 18.6 Å². The van der Waals surface area contributed by atoms with E-state index in [1.807, 2.05) is 13.8 Å². The summed E-state index contributed by atoms with van der Waals surface area (Å²) in [6.45, 7) is 7.24. The second-order valence-electron chi connectivity index (χ2n) is 8.07. The summed E-state index contributed by atoms with van der Waals surface area (Å²) in [6, 6.07) is 7.59. The molecule has 1 N–H and O–H groups in total. The molecule has 1 saturated heterocycles. The number of carbonyl (C=O) groups is 2. The van der Waals surface area contributed by atoms with Gasteiger partial charge in [0.2, 0.25) is 0 Å². The molecule has 32 heavy (non-hydrogen) atoms. The standard InChI is InChI=1S/C24H27NO7/c1-14(2)29-10-4-9-25-21(18-7-5-15(3)32-18)20(23(27)24(25)28)22(26)16-6-8-17-19(13-16)31-12-11-30-17/h5-8,13-14,21,26H,4,9-12H2,1-3H3/b22-20-. The zero-order valence-corrected chi connectivity index (χ0v) is 18.4. The number of hydrogen-bond acceptors (Lipinski definition) is 7. The number of amides is 1. The van der Waals surface area contributed by atoms with Crippen molar-refractivity contribution in [3.05, 3.63) is 53.0 Å². The Bertz CT molecular complexity index is 1050. The van der Waals surface area contributed by atoms with E-state index in [1.165, 1.54) is 4.90 Å². The average molecular weight is 441 g/mol. The molecule has 3 heterocycles. The summed E-state index contributed by atoms with van der Waals surface area (Å²) in [6.07, 6.45) is 0.620. The van der Waals surface area contributed by atoms with Crippen LogP contribution in [0.1, 0.15) is 43.4 Å². The second kappa shape index (κ2) is 9.08. The number of ether oxygens (including phenoxy) is 3. The number of carbonyl (C=O) groups excluding carboxylic acids is 2. The first kappa shape index (κ1) is 22.0. The highest BCUT2D eigenvalue weighted by Gasteiger charge is 2.47. The molecule has 8 nitrogen and oxygen atoms in total. The van der Waals surface area contributed by atoms with Gasteiger partial charge in [0.1, 0.15) is 36.5 Å². The molecule has 1 unspecified atom stereocenters. The molecule has 1 amide bonds. The van der Waals surface area contributed by atoms with E-state index in [-0.39, 0.29) is 17.4 Å². The summed E-state index contributed by atoms with van der Waals surface area (Å²) in [5.74, 6) is 0.412. The number of Topliss-reactive ketones (excluding diaryl/α,β-unsaturated/α-hetero) is 1. The number of furan rings is 1. The first-order chi connectivity index (χ1) is 15.4. The van der Waals surface area contributed by atoms with E-state index in [1.54, 1.807) is 37.3 Å². The van der Waals surface area contributed by atoms with Gasteiger partial charge in [-0.3, -0.25) is 9.59 Å². The Balaban J connectivity index is 1.71. The van der Waals surface area contributed by atoms with E-state index in [9.17, 15) is 14.7 Å². The van der Waals surface area contributed by atoms with Crippen LogP contribution in [0.2, 0.25) is 0 Å². The van der Waals surface area contributed by atoms with Crippen LogP contribution in [0.5, 0.6) is 11.5 Å². The Morgan fingerprint density at radius 1 is 1.16 bits per heavy atom. The SMILES string of the molecule is Cc1ccc(C2/C(=C(/O)c3ccc4c(c3)OCCO4)C(=O)C(=O)N2CCCOC(C)C)o1. The third-order valence-electron chi connectivity index (χ3n) is 5.38. The van der Waals surface area contributed by atoms with E-state index in [0.29, 0.717) is 61.4 Å². The highest BCUT2D eigenvalue weighted by molar-refractivity contribution is 6.46. The molecular formula is C24H27NO7. The minimum atomic E-state index is -0.823. The van der Waals surface area contributed by atoms with Crippen LogP contribution in [0, 0.1) is 6.92 Å². The fourth-order valence-electron chi connectivity index (χ4n) is 3.91. The monoisotopic (exact) mass is 441 g/mol. The Labute approximate surface area is 186 Å².